The number of piperidine rings is 1. The lowest BCUT2D eigenvalue weighted by Gasteiger charge is -2.36. The van der Waals surface area contributed by atoms with Gasteiger partial charge in [-0.1, -0.05) is 25.6 Å². The number of hydrogen-bond donors (Lipinski definition) is 1. The molecule has 3 heterocycles. The number of aromatic nitrogens is 2. The summed E-state index contributed by atoms with van der Waals surface area (Å²) in [6, 6.07) is -0.591. The van der Waals surface area contributed by atoms with Crippen LogP contribution in [-0.2, 0) is 18.8 Å². The minimum absolute atomic E-state index is 0.0228. The van der Waals surface area contributed by atoms with E-state index in [-0.39, 0.29) is 11.8 Å². The summed E-state index contributed by atoms with van der Waals surface area (Å²) in [7, 11) is -0.458. The fourth-order valence-corrected chi connectivity index (χ4v) is 5.43. The summed E-state index contributed by atoms with van der Waals surface area (Å²) >= 11 is 1.64. The Balaban J connectivity index is 1.44. The third kappa shape index (κ3) is 8.82. The van der Waals surface area contributed by atoms with E-state index in [0.717, 1.165) is 55.1 Å². The SMILES string of the molecule is CC(C)[C@H](NC(=O)OC(C)(C)C)C(=O)N1CCC[C@@H](CCCSc2ncc(B3OC(C)(C)C(C)(C)O3)cn2)C1. The lowest BCUT2D eigenvalue weighted by atomic mass is 9.81. The number of nitrogens with zero attached hydrogens (tertiary/aromatic N) is 3. The summed E-state index contributed by atoms with van der Waals surface area (Å²) < 4.78 is 17.5. The topological polar surface area (TPSA) is 103 Å². The molecule has 2 aliphatic rings. The van der Waals surface area contributed by atoms with E-state index >= 15 is 0 Å². The highest BCUT2D eigenvalue weighted by Gasteiger charge is 2.52. The van der Waals surface area contributed by atoms with Crippen molar-refractivity contribution in [3.63, 3.8) is 0 Å². The monoisotopic (exact) mass is 562 g/mol. The zero-order valence-corrected chi connectivity index (χ0v) is 26.0. The van der Waals surface area contributed by atoms with Gasteiger partial charge < -0.3 is 24.3 Å². The molecule has 0 aliphatic carbocycles. The van der Waals surface area contributed by atoms with Gasteiger partial charge in [0.1, 0.15) is 11.6 Å². The largest absolute Gasteiger partial charge is 0.498 e. The second kappa shape index (κ2) is 12.8. The van der Waals surface area contributed by atoms with Gasteiger partial charge in [-0.05, 0) is 86.0 Å². The maximum Gasteiger partial charge on any atom is 0.498 e. The lowest BCUT2D eigenvalue weighted by Crippen LogP contribution is -2.54. The molecule has 0 radical (unpaired) electrons. The maximum atomic E-state index is 13.3. The van der Waals surface area contributed by atoms with E-state index in [0.29, 0.717) is 5.92 Å². The first-order valence-electron chi connectivity index (χ1n) is 14.2. The summed E-state index contributed by atoms with van der Waals surface area (Å²) in [6.07, 6.45) is 7.17. The molecule has 2 amide bonds. The van der Waals surface area contributed by atoms with Gasteiger partial charge in [0.25, 0.3) is 0 Å². The number of likely N-dealkylation sites (tertiary alicyclic amines) is 1. The van der Waals surface area contributed by atoms with Crippen molar-refractivity contribution in [3.8, 4) is 0 Å². The number of thioether (sulfide) groups is 1. The third-order valence-corrected chi connectivity index (χ3v) is 8.56. The van der Waals surface area contributed by atoms with Crippen molar-refractivity contribution < 1.29 is 23.6 Å². The van der Waals surface area contributed by atoms with Gasteiger partial charge in [-0.15, -0.1) is 0 Å². The first kappa shape index (κ1) is 31.7. The summed E-state index contributed by atoms with van der Waals surface area (Å²) in [4.78, 5) is 36.6. The Morgan fingerprint density at radius 2 is 1.79 bits per heavy atom. The fraction of sp³-hybridized carbons (Fsp3) is 0.786. The van der Waals surface area contributed by atoms with Crippen LogP contribution in [0.4, 0.5) is 4.79 Å². The van der Waals surface area contributed by atoms with E-state index in [2.05, 4.69) is 15.3 Å². The van der Waals surface area contributed by atoms with Crippen LogP contribution >= 0.6 is 11.8 Å². The van der Waals surface area contributed by atoms with Crippen LogP contribution < -0.4 is 10.8 Å². The van der Waals surface area contributed by atoms with Crippen molar-refractivity contribution >= 4 is 36.3 Å². The molecule has 1 N–H and O–H groups in total. The molecule has 3 rings (SSSR count). The van der Waals surface area contributed by atoms with Crippen LogP contribution in [0.1, 0.15) is 88.0 Å². The van der Waals surface area contributed by atoms with Gasteiger partial charge in [0.05, 0.1) is 11.2 Å². The Labute approximate surface area is 239 Å². The molecule has 2 atom stereocenters. The Kier molecular flexibility index (Phi) is 10.4. The average Bonchev–Trinajstić information content (AvgIpc) is 3.06. The van der Waals surface area contributed by atoms with E-state index in [9.17, 15) is 9.59 Å². The van der Waals surface area contributed by atoms with Gasteiger partial charge in [0.15, 0.2) is 5.16 Å². The molecule has 2 saturated heterocycles. The van der Waals surface area contributed by atoms with Crippen molar-refractivity contribution in [1.29, 1.82) is 0 Å². The zero-order chi connectivity index (χ0) is 29.0. The Hall–Kier alpha value is -1.85. The maximum absolute atomic E-state index is 13.3. The van der Waals surface area contributed by atoms with Crippen molar-refractivity contribution in [2.75, 3.05) is 18.8 Å². The second-order valence-corrected chi connectivity index (χ2v) is 14.1. The van der Waals surface area contributed by atoms with E-state index < -0.39 is 36.1 Å². The van der Waals surface area contributed by atoms with Gasteiger partial charge in [-0.2, -0.15) is 0 Å². The molecule has 0 bridgehead atoms. The number of carbonyl (C=O) groups excluding carboxylic acids is 2. The molecular weight excluding hydrogens is 515 g/mol. The molecule has 218 valence electrons. The molecule has 39 heavy (non-hydrogen) atoms. The lowest BCUT2D eigenvalue weighted by molar-refractivity contribution is -0.136. The van der Waals surface area contributed by atoms with Crippen molar-refractivity contribution in [1.82, 2.24) is 20.2 Å². The van der Waals surface area contributed by atoms with E-state index in [4.69, 9.17) is 14.0 Å². The number of nitrogens with one attached hydrogen (secondary N) is 1. The van der Waals surface area contributed by atoms with Gasteiger partial charge in [0.2, 0.25) is 5.91 Å². The first-order chi connectivity index (χ1) is 18.1. The average molecular weight is 563 g/mol. The minimum atomic E-state index is -0.608. The van der Waals surface area contributed by atoms with Crippen LogP contribution in [0, 0.1) is 11.8 Å². The molecule has 2 fully saturated rings. The highest BCUT2D eigenvalue weighted by molar-refractivity contribution is 7.99. The van der Waals surface area contributed by atoms with Gasteiger partial charge >= 0.3 is 13.2 Å². The standard InChI is InChI=1S/C28H47BN4O5S/c1-19(2)22(32-25(35)36-26(3,4)5)23(34)33-14-10-12-20(18-33)13-11-15-39-24-30-16-21(17-31-24)29-37-27(6,7)28(8,9)38-29/h16-17,19-20,22H,10-15,18H2,1-9H3,(H,32,35)/t20-,22-/m0/s1. The van der Waals surface area contributed by atoms with Crippen LogP contribution in [0.5, 0.6) is 0 Å². The van der Waals surface area contributed by atoms with E-state index in [1.807, 2.05) is 67.2 Å². The summed E-state index contributed by atoms with van der Waals surface area (Å²) in [6.45, 7) is 18.9. The predicted molar refractivity (Wildman–Crippen MR) is 155 cm³/mol. The molecular formula is C28H47BN4O5S. The first-order valence-corrected chi connectivity index (χ1v) is 15.2. The van der Waals surface area contributed by atoms with Crippen molar-refractivity contribution in [2.24, 2.45) is 11.8 Å². The Morgan fingerprint density at radius 3 is 2.36 bits per heavy atom. The smallest absolute Gasteiger partial charge is 0.444 e. The molecule has 0 unspecified atom stereocenters. The molecule has 0 spiro atoms. The van der Waals surface area contributed by atoms with Crippen LogP contribution in [0.25, 0.3) is 0 Å². The molecule has 1 aromatic rings. The number of ether oxygens (including phenoxy) is 1. The van der Waals surface area contributed by atoms with Gasteiger partial charge in [-0.25, -0.2) is 14.8 Å². The molecule has 9 nitrogen and oxygen atoms in total. The normalized spacial score (nSPS) is 21.6. The number of alkyl carbamates (subject to hydrolysis) is 1. The quantitative estimate of drug-likeness (QED) is 0.204. The van der Waals surface area contributed by atoms with Crippen LogP contribution in [0.2, 0.25) is 0 Å². The second-order valence-electron chi connectivity index (χ2n) is 13.0. The predicted octanol–water partition coefficient (Wildman–Crippen LogP) is 4.44. The van der Waals surface area contributed by atoms with Crippen molar-refractivity contribution in [3.05, 3.63) is 12.4 Å². The number of hydrogen-bond acceptors (Lipinski definition) is 8. The Bertz CT molecular complexity index is 967. The Morgan fingerprint density at radius 1 is 1.18 bits per heavy atom. The minimum Gasteiger partial charge on any atom is -0.444 e. The zero-order valence-electron chi connectivity index (χ0n) is 25.2. The molecule has 1 aromatic heterocycles. The fourth-order valence-electron chi connectivity index (χ4n) is 4.68. The van der Waals surface area contributed by atoms with Crippen molar-refractivity contribution in [2.45, 2.75) is 116 Å². The number of rotatable bonds is 9. The highest BCUT2D eigenvalue weighted by atomic mass is 32.2. The molecule has 0 aromatic carbocycles. The molecule has 2 aliphatic heterocycles. The third-order valence-electron chi connectivity index (χ3n) is 7.60. The van der Waals surface area contributed by atoms with E-state index in [1.54, 1.807) is 24.2 Å². The summed E-state index contributed by atoms with van der Waals surface area (Å²) in [5, 5.41) is 3.54. The number of amides is 2. The van der Waals surface area contributed by atoms with Gasteiger partial charge in [0, 0.05) is 36.7 Å². The van der Waals surface area contributed by atoms with E-state index in [1.165, 1.54) is 0 Å². The highest BCUT2D eigenvalue weighted by Crippen LogP contribution is 2.36. The number of carbonyl (C=O) groups is 2. The van der Waals surface area contributed by atoms with Gasteiger partial charge in [-0.3, -0.25) is 4.79 Å². The van der Waals surface area contributed by atoms with Crippen LogP contribution in [0.15, 0.2) is 17.6 Å². The molecule has 0 saturated carbocycles. The molecule has 11 heteroatoms. The van der Waals surface area contributed by atoms with Crippen LogP contribution in [0.3, 0.4) is 0 Å². The summed E-state index contributed by atoms with van der Waals surface area (Å²) in [5.74, 6) is 1.31. The summed E-state index contributed by atoms with van der Waals surface area (Å²) in [5.41, 5.74) is -0.571. The van der Waals surface area contributed by atoms with Crippen LogP contribution in [-0.4, -0.2) is 75.7 Å².